The first-order valence-electron chi connectivity index (χ1n) is 10.8. The van der Waals surface area contributed by atoms with Crippen LogP contribution >= 0.6 is 0 Å². The lowest BCUT2D eigenvalue weighted by Gasteiger charge is -2.17. The van der Waals surface area contributed by atoms with Gasteiger partial charge in [-0.2, -0.15) is 0 Å². The summed E-state index contributed by atoms with van der Waals surface area (Å²) in [5, 5.41) is 2.71. The molecule has 9 nitrogen and oxygen atoms in total. The first-order valence-corrected chi connectivity index (χ1v) is 12.3. The van der Waals surface area contributed by atoms with Gasteiger partial charge >= 0.3 is 0 Å². The molecule has 0 bridgehead atoms. The highest BCUT2D eigenvalue weighted by atomic mass is 32.2. The van der Waals surface area contributed by atoms with Crippen LogP contribution in [-0.2, 0) is 26.0 Å². The highest BCUT2D eigenvalue weighted by molar-refractivity contribution is 7.89. The first-order chi connectivity index (χ1) is 15.8. The minimum absolute atomic E-state index is 0.0526. The first kappa shape index (κ1) is 23.1. The summed E-state index contributed by atoms with van der Waals surface area (Å²) in [6.07, 6.45) is 2.44. The largest absolute Gasteiger partial charge is 0.497 e. The molecule has 0 radical (unpaired) electrons. The van der Waals surface area contributed by atoms with Gasteiger partial charge in [-0.15, -0.1) is 0 Å². The molecule has 2 aromatic rings. The highest BCUT2D eigenvalue weighted by Crippen LogP contribution is 2.37. The maximum absolute atomic E-state index is 12.7. The molecule has 33 heavy (non-hydrogen) atoms. The second-order valence-corrected chi connectivity index (χ2v) is 9.83. The number of methoxy groups -OCH3 is 2. The Bertz CT molecular complexity index is 1180. The Kier molecular flexibility index (Phi) is 6.57. The smallest absolute Gasteiger partial charge is 0.240 e. The molecule has 2 amide bonds. The SMILES string of the molecule is COc1ccc(NC(=O)CCNS(=O)(=O)c2ccc3c(c2)CCN3C(=O)C2CC2)c(OC)c1. The van der Waals surface area contributed by atoms with Crippen LogP contribution in [0.25, 0.3) is 0 Å². The summed E-state index contributed by atoms with van der Waals surface area (Å²) < 4.78 is 38.3. The van der Waals surface area contributed by atoms with Gasteiger partial charge in [0.2, 0.25) is 21.8 Å². The zero-order valence-electron chi connectivity index (χ0n) is 18.6. The van der Waals surface area contributed by atoms with Gasteiger partial charge in [-0.3, -0.25) is 9.59 Å². The zero-order chi connectivity index (χ0) is 23.6. The number of ether oxygens (including phenoxy) is 2. The number of fused-ring (bicyclic) bond motifs is 1. The van der Waals surface area contributed by atoms with Gasteiger partial charge in [-0.1, -0.05) is 0 Å². The van der Waals surface area contributed by atoms with Crippen LogP contribution in [0.4, 0.5) is 11.4 Å². The van der Waals surface area contributed by atoms with Crippen LogP contribution in [0.3, 0.4) is 0 Å². The van der Waals surface area contributed by atoms with Gasteiger partial charge in [-0.25, -0.2) is 13.1 Å². The molecule has 1 aliphatic heterocycles. The van der Waals surface area contributed by atoms with E-state index in [0.717, 1.165) is 24.1 Å². The summed E-state index contributed by atoms with van der Waals surface area (Å²) in [6.45, 7) is 0.520. The topological polar surface area (TPSA) is 114 Å². The fraction of sp³-hybridized carbons (Fsp3) is 0.391. The molecule has 1 aliphatic carbocycles. The maximum atomic E-state index is 12.7. The molecule has 10 heteroatoms. The Balaban J connectivity index is 1.34. The zero-order valence-corrected chi connectivity index (χ0v) is 19.4. The van der Waals surface area contributed by atoms with Crippen LogP contribution in [0, 0.1) is 5.92 Å². The van der Waals surface area contributed by atoms with E-state index in [1.807, 2.05) is 0 Å². The number of nitrogens with one attached hydrogen (secondary N) is 2. The number of anilines is 2. The number of benzene rings is 2. The molecular weight excluding hydrogens is 446 g/mol. The van der Waals surface area contributed by atoms with E-state index in [9.17, 15) is 18.0 Å². The predicted octanol–water partition coefficient (Wildman–Crippen LogP) is 2.31. The molecule has 0 saturated heterocycles. The molecule has 0 spiro atoms. The second kappa shape index (κ2) is 9.40. The van der Waals surface area contributed by atoms with E-state index in [4.69, 9.17) is 9.47 Å². The molecule has 4 rings (SSSR count). The van der Waals surface area contributed by atoms with Crippen LogP contribution in [0.5, 0.6) is 11.5 Å². The summed E-state index contributed by atoms with van der Waals surface area (Å²) in [5.41, 5.74) is 2.10. The monoisotopic (exact) mass is 473 g/mol. The molecule has 2 aromatic carbocycles. The highest BCUT2D eigenvalue weighted by Gasteiger charge is 2.36. The summed E-state index contributed by atoms with van der Waals surface area (Å²) in [4.78, 5) is 26.6. The Morgan fingerprint density at radius 2 is 1.88 bits per heavy atom. The van der Waals surface area contributed by atoms with E-state index >= 15 is 0 Å². The van der Waals surface area contributed by atoms with Crippen molar-refractivity contribution in [3.63, 3.8) is 0 Å². The fourth-order valence-corrected chi connectivity index (χ4v) is 4.90. The molecule has 0 aromatic heterocycles. The number of sulfonamides is 1. The van der Waals surface area contributed by atoms with Gasteiger partial charge in [0.1, 0.15) is 11.5 Å². The minimum atomic E-state index is -3.79. The summed E-state index contributed by atoms with van der Waals surface area (Å²) in [5.74, 6) is 0.916. The number of amides is 2. The van der Waals surface area contributed by atoms with E-state index in [0.29, 0.717) is 30.2 Å². The third-order valence-corrected chi connectivity index (χ3v) is 7.24. The maximum Gasteiger partial charge on any atom is 0.240 e. The van der Waals surface area contributed by atoms with E-state index in [1.54, 1.807) is 35.2 Å². The van der Waals surface area contributed by atoms with Crippen molar-refractivity contribution in [2.24, 2.45) is 5.92 Å². The number of hydrogen-bond acceptors (Lipinski definition) is 6. The molecule has 2 N–H and O–H groups in total. The molecule has 0 atom stereocenters. The van der Waals surface area contributed by atoms with Crippen molar-refractivity contribution in [1.82, 2.24) is 4.72 Å². The Labute approximate surface area is 193 Å². The fourth-order valence-electron chi connectivity index (χ4n) is 3.82. The van der Waals surface area contributed by atoms with Crippen molar-refractivity contribution in [2.75, 3.05) is 37.5 Å². The molecule has 1 saturated carbocycles. The van der Waals surface area contributed by atoms with Crippen LogP contribution in [0.2, 0.25) is 0 Å². The molecule has 2 aliphatic rings. The lowest BCUT2D eigenvalue weighted by Crippen LogP contribution is -2.30. The number of carbonyl (C=O) groups is 2. The van der Waals surface area contributed by atoms with Crippen LogP contribution in [0.15, 0.2) is 41.3 Å². The van der Waals surface area contributed by atoms with E-state index < -0.39 is 10.0 Å². The standard InChI is InChI=1S/C23H27N3O6S/c1-31-17-5-7-19(21(14-17)32-2)25-22(27)9-11-24-33(29,30)18-6-8-20-16(13-18)10-12-26(20)23(28)15-3-4-15/h5-8,13-15,24H,3-4,9-12H2,1-2H3,(H,25,27). The van der Waals surface area contributed by atoms with Gasteiger partial charge in [0.15, 0.2) is 0 Å². The van der Waals surface area contributed by atoms with Gasteiger partial charge in [0, 0.05) is 37.2 Å². The average Bonchev–Trinajstić information content (AvgIpc) is 3.57. The normalized spacial score (nSPS) is 15.2. The minimum Gasteiger partial charge on any atom is -0.497 e. The molecule has 176 valence electrons. The average molecular weight is 474 g/mol. The van der Waals surface area contributed by atoms with Gasteiger partial charge < -0.3 is 19.7 Å². The lowest BCUT2D eigenvalue weighted by molar-refractivity contribution is -0.119. The number of hydrogen-bond donors (Lipinski definition) is 2. The predicted molar refractivity (Wildman–Crippen MR) is 123 cm³/mol. The molecule has 0 unspecified atom stereocenters. The van der Waals surface area contributed by atoms with Crippen molar-refractivity contribution in [1.29, 1.82) is 0 Å². The Morgan fingerprint density at radius 1 is 1.09 bits per heavy atom. The summed E-state index contributed by atoms with van der Waals surface area (Å²) >= 11 is 0. The van der Waals surface area contributed by atoms with Crippen LogP contribution in [-0.4, -0.2) is 47.5 Å². The van der Waals surface area contributed by atoms with Crippen molar-refractivity contribution >= 4 is 33.2 Å². The number of nitrogens with zero attached hydrogens (tertiary/aromatic N) is 1. The summed E-state index contributed by atoms with van der Waals surface area (Å²) in [6, 6.07) is 9.79. The van der Waals surface area contributed by atoms with Crippen LogP contribution in [0.1, 0.15) is 24.8 Å². The quantitative estimate of drug-likeness (QED) is 0.578. The second-order valence-electron chi connectivity index (χ2n) is 8.07. The molecule has 1 fully saturated rings. The Morgan fingerprint density at radius 3 is 2.58 bits per heavy atom. The van der Waals surface area contributed by atoms with E-state index in [-0.39, 0.29) is 35.6 Å². The van der Waals surface area contributed by atoms with Gasteiger partial charge in [-0.05, 0) is 55.2 Å². The summed E-state index contributed by atoms with van der Waals surface area (Å²) in [7, 11) is -0.775. The van der Waals surface area contributed by atoms with Crippen molar-refractivity contribution in [2.45, 2.75) is 30.6 Å². The Hall–Kier alpha value is -3.11. The van der Waals surface area contributed by atoms with E-state index in [1.165, 1.54) is 20.3 Å². The lowest BCUT2D eigenvalue weighted by atomic mass is 10.2. The number of rotatable bonds is 9. The van der Waals surface area contributed by atoms with Crippen LogP contribution < -0.4 is 24.4 Å². The van der Waals surface area contributed by atoms with Crippen molar-refractivity contribution < 1.29 is 27.5 Å². The van der Waals surface area contributed by atoms with Crippen molar-refractivity contribution in [3.8, 4) is 11.5 Å². The van der Waals surface area contributed by atoms with Gasteiger partial charge in [0.05, 0.1) is 24.8 Å². The molecular formula is C23H27N3O6S. The van der Waals surface area contributed by atoms with E-state index in [2.05, 4.69) is 10.0 Å². The van der Waals surface area contributed by atoms with Gasteiger partial charge in [0.25, 0.3) is 0 Å². The third-order valence-electron chi connectivity index (χ3n) is 5.78. The number of carbonyl (C=O) groups excluding carboxylic acids is 2. The third kappa shape index (κ3) is 5.12. The van der Waals surface area contributed by atoms with Crippen molar-refractivity contribution in [3.05, 3.63) is 42.0 Å². The molecule has 1 heterocycles.